The lowest BCUT2D eigenvalue weighted by molar-refractivity contribution is 0.0945. The summed E-state index contributed by atoms with van der Waals surface area (Å²) in [6.07, 6.45) is 2.33. The number of nitrogen functional groups attached to an aromatic ring is 1. The molecule has 0 bridgehead atoms. The maximum atomic E-state index is 11.9. The lowest BCUT2D eigenvalue weighted by atomic mass is 10.1. The van der Waals surface area contributed by atoms with Crippen LogP contribution in [-0.2, 0) is 0 Å². The van der Waals surface area contributed by atoms with E-state index in [1.165, 1.54) is 0 Å². The molecule has 5 heteroatoms. The van der Waals surface area contributed by atoms with Crippen LogP contribution in [0.4, 0.5) is 5.69 Å². The van der Waals surface area contributed by atoms with Crippen LogP contribution in [0.1, 0.15) is 29.6 Å². The Morgan fingerprint density at radius 2 is 2.22 bits per heavy atom. The molecule has 1 aromatic rings. The van der Waals surface area contributed by atoms with E-state index < -0.39 is 0 Å². The molecular formula is C13H17ClN2O2. The Hall–Kier alpha value is -1.26. The molecule has 0 radical (unpaired) electrons. The summed E-state index contributed by atoms with van der Waals surface area (Å²) in [5.41, 5.74) is 6.58. The monoisotopic (exact) mass is 268 g/mol. The molecule has 0 heterocycles. The first kappa shape index (κ1) is 13.2. The summed E-state index contributed by atoms with van der Waals surface area (Å²) >= 11 is 5.85. The van der Waals surface area contributed by atoms with Gasteiger partial charge in [0, 0.05) is 22.8 Å². The van der Waals surface area contributed by atoms with E-state index in [1.54, 1.807) is 18.2 Å². The SMILES string of the molecule is Nc1cc(Cl)cc(C(=O)NCC2CCC(O)C2)c1. The first-order valence-corrected chi connectivity index (χ1v) is 6.44. The van der Waals surface area contributed by atoms with Crippen molar-refractivity contribution in [3.05, 3.63) is 28.8 Å². The summed E-state index contributed by atoms with van der Waals surface area (Å²) in [6.45, 7) is 0.586. The minimum atomic E-state index is -0.214. The second kappa shape index (κ2) is 5.59. The van der Waals surface area contributed by atoms with Crippen LogP contribution in [-0.4, -0.2) is 23.7 Å². The zero-order valence-electron chi connectivity index (χ0n) is 10.0. The van der Waals surface area contributed by atoms with E-state index in [9.17, 15) is 9.90 Å². The van der Waals surface area contributed by atoms with Gasteiger partial charge in [-0.1, -0.05) is 11.6 Å². The van der Waals surface area contributed by atoms with E-state index in [1.807, 2.05) is 0 Å². The Morgan fingerprint density at radius 1 is 1.44 bits per heavy atom. The number of hydrogen-bond donors (Lipinski definition) is 3. The fraction of sp³-hybridized carbons (Fsp3) is 0.462. The van der Waals surface area contributed by atoms with Crippen LogP contribution in [0, 0.1) is 5.92 Å². The predicted molar refractivity (Wildman–Crippen MR) is 71.5 cm³/mol. The van der Waals surface area contributed by atoms with Crippen LogP contribution in [0.2, 0.25) is 5.02 Å². The number of halogens is 1. The van der Waals surface area contributed by atoms with Gasteiger partial charge in [0.2, 0.25) is 0 Å². The van der Waals surface area contributed by atoms with Crippen LogP contribution in [0.5, 0.6) is 0 Å². The van der Waals surface area contributed by atoms with Gasteiger partial charge < -0.3 is 16.2 Å². The second-order valence-electron chi connectivity index (χ2n) is 4.82. The van der Waals surface area contributed by atoms with Crippen LogP contribution < -0.4 is 11.1 Å². The fourth-order valence-corrected chi connectivity index (χ4v) is 2.56. The number of carbonyl (C=O) groups is 1. The average molecular weight is 269 g/mol. The molecule has 0 spiro atoms. The molecule has 18 heavy (non-hydrogen) atoms. The molecule has 1 aliphatic rings. The number of aliphatic hydroxyl groups excluding tert-OH is 1. The third-order valence-electron chi connectivity index (χ3n) is 3.25. The summed E-state index contributed by atoms with van der Waals surface area (Å²) < 4.78 is 0. The number of benzene rings is 1. The molecule has 1 saturated carbocycles. The molecule has 4 N–H and O–H groups in total. The maximum absolute atomic E-state index is 11.9. The summed E-state index contributed by atoms with van der Waals surface area (Å²) in [5.74, 6) is 0.186. The molecule has 4 nitrogen and oxygen atoms in total. The Kier molecular flexibility index (Phi) is 4.09. The lowest BCUT2D eigenvalue weighted by Gasteiger charge is -2.11. The van der Waals surface area contributed by atoms with Crippen molar-refractivity contribution < 1.29 is 9.90 Å². The highest BCUT2D eigenvalue weighted by molar-refractivity contribution is 6.31. The number of amides is 1. The van der Waals surface area contributed by atoms with Crippen LogP contribution in [0.3, 0.4) is 0 Å². The number of aliphatic hydroxyl groups is 1. The van der Waals surface area contributed by atoms with E-state index in [2.05, 4.69) is 5.32 Å². The molecule has 1 aliphatic carbocycles. The number of rotatable bonds is 3. The molecule has 2 rings (SSSR count). The molecule has 0 aliphatic heterocycles. The highest BCUT2D eigenvalue weighted by Crippen LogP contribution is 2.24. The summed E-state index contributed by atoms with van der Waals surface area (Å²) in [7, 11) is 0. The Labute approximate surface area is 111 Å². The zero-order valence-corrected chi connectivity index (χ0v) is 10.8. The number of carbonyl (C=O) groups excluding carboxylic acids is 1. The smallest absolute Gasteiger partial charge is 0.251 e. The van der Waals surface area contributed by atoms with Gasteiger partial charge in [0.1, 0.15) is 0 Å². The average Bonchev–Trinajstić information content (AvgIpc) is 2.70. The minimum absolute atomic E-state index is 0.175. The highest BCUT2D eigenvalue weighted by atomic mass is 35.5. The predicted octanol–water partition coefficient (Wildman–Crippen LogP) is 1.81. The number of hydrogen-bond acceptors (Lipinski definition) is 3. The number of anilines is 1. The van der Waals surface area contributed by atoms with Crippen LogP contribution in [0.15, 0.2) is 18.2 Å². The molecule has 0 aromatic heterocycles. The number of nitrogens with one attached hydrogen (secondary N) is 1. The third kappa shape index (κ3) is 3.37. The largest absolute Gasteiger partial charge is 0.399 e. The number of nitrogens with two attached hydrogens (primary N) is 1. The van der Waals surface area contributed by atoms with Gasteiger partial charge in [0.05, 0.1) is 6.10 Å². The summed E-state index contributed by atoms with van der Waals surface area (Å²) in [6, 6.07) is 4.80. The van der Waals surface area contributed by atoms with E-state index in [0.29, 0.717) is 28.7 Å². The molecule has 0 saturated heterocycles. The van der Waals surface area contributed by atoms with Crippen LogP contribution in [0.25, 0.3) is 0 Å². The standard InChI is InChI=1S/C13H17ClN2O2/c14-10-4-9(5-11(15)6-10)13(18)16-7-8-1-2-12(17)3-8/h4-6,8,12,17H,1-3,7,15H2,(H,16,18). The Bertz CT molecular complexity index is 430. The van der Waals surface area contributed by atoms with Gasteiger partial charge in [-0.25, -0.2) is 0 Å². The third-order valence-corrected chi connectivity index (χ3v) is 3.47. The van der Waals surface area contributed by atoms with Gasteiger partial charge in [0.25, 0.3) is 5.91 Å². The van der Waals surface area contributed by atoms with Crippen molar-refractivity contribution >= 4 is 23.2 Å². The lowest BCUT2D eigenvalue weighted by Crippen LogP contribution is -2.28. The van der Waals surface area contributed by atoms with E-state index >= 15 is 0 Å². The maximum Gasteiger partial charge on any atom is 0.251 e. The first-order chi connectivity index (χ1) is 8.54. The van der Waals surface area contributed by atoms with Gasteiger partial charge in [-0.3, -0.25) is 4.79 Å². The van der Waals surface area contributed by atoms with Gasteiger partial charge in [-0.05, 0) is 43.4 Å². The van der Waals surface area contributed by atoms with Crippen molar-refractivity contribution in [2.45, 2.75) is 25.4 Å². The zero-order chi connectivity index (χ0) is 13.1. The first-order valence-electron chi connectivity index (χ1n) is 6.07. The second-order valence-corrected chi connectivity index (χ2v) is 5.25. The molecule has 1 aromatic carbocycles. The molecule has 98 valence electrons. The quantitative estimate of drug-likeness (QED) is 0.732. The van der Waals surface area contributed by atoms with Crippen LogP contribution >= 0.6 is 11.6 Å². The van der Waals surface area contributed by atoms with Gasteiger partial charge in [0.15, 0.2) is 0 Å². The van der Waals surface area contributed by atoms with Gasteiger partial charge in [-0.15, -0.1) is 0 Å². The minimum Gasteiger partial charge on any atom is -0.399 e. The molecule has 2 unspecified atom stereocenters. The molecule has 1 amide bonds. The van der Waals surface area contributed by atoms with E-state index in [-0.39, 0.29) is 12.0 Å². The van der Waals surface area contributed by atoms with Crippen molar-refractivity contribution in [3.8, 4) is 0 Å². The summed E-state index contributed by atoms with van der Waals surface area (Å²) in [5, 5.41) is 12.7. The highest BCUT2D eigenvalue weighted by Gasteiger charge is 2.23. The topological polar surface area (TPSA) is 75.4 Å². The van der Waals surface area contributed by atoms with Crippen molar-refractivity contribution in [2.75, 3.05) is 12.3 Å². The molecule has 2 atom stereocenters. The van der Waals surface area contributed by atoms with E-state index in [0.717, 1.165) is 19.3 Å². The van der Waals surface area contributed by atoms with Gasteiger partial charge >= 0.3 is 0 Å². The van der Waals surface area contributed by atoms with Crippen molar-refractivity contribution in [2.24, 2.45) is 5.92 Å². The summed E-state index contributed by atoms with van der Waals surface area (Å²) in [4.78, 5) is 11.9. The normalized spacial score (nSPS) is 23.0. The fourth-order valence-electron chi connectivity index (χ4n) is 2.32. The molecular weight excluding hydrogens is 252 g/mol. The van der Waals surface area contributed by atoms with Crippen molar-refractivity contribution in [3.63, 3.8) is 0 Å². The van der Waals surface area contributed by atoms with Crippen molar-refractivity contribution in [1.29, 1.82) is 0 Å². The Balaban J connectivity index is 1.91. The molecule has 1 fully saturated rings. The van der Waals surface area contributed by atoms with Crippen molar-refractivity contribution in [1.82, 2.24) is 5.32 Å². The van der Waals surface area contributed by atoms with Gasteiger partial charge in [-0.2, -0.15) is 0 Å². The van der Waals surface area contributed by atoms with E-state index in [4.69, 9.17) is 17.3 Å². The Morgan fingerprint density at radius 3 is 2.83 bits per heavy atom.